The Morgan fingerprint density at radius 3 is 2.62 bits per heavy atom. The van der Waals surface area contributed by atoms with Crippen LogP contribution in [0.2, 0.25) is 0 Å². The predicted octanol–water partition coefficient (Wildman–Crippen LogP) is 2.31. The summed E-state index contributed by atoms with van der Waals surface area (Å²) in [4.78, 5) is 0. The van der Waals surface area contributed by atoms with Crippen molar-refractivity contribution in [1.29, 1.82) is 0 Å². The van der Waals surface area contributed by atoms with Gasteiger partial charge in [-0.15, -0.1) is 0 Å². The molecule has 0 saturated heterocycles. The van der Waals surface area contributed by atoms with E-state index in [2.05, 4.69) is 18.9 Å². The van der Waals surface area contributed by atoms with Crippen LogP contribution in [0.15, 0.2) is 6.20 Å². The van der Waals surface area contributed by atoms with Crippen molar-refractivity contribution in [3.8, 4) is 5.75 Å². The molecule has 0 aliphatic heterocycles. The van der Waals surface area contributed by atoms with Crippen molar-refractivity contribution >= 4 is 0 Å². The minimum atomic E-state index is -0.436. The second-order valence-corrected chi connectivity index (χ2v) is 4.77. The van der Waals surface area contributed by atoms with Gasteiger partial charge in [-0.3, -0.25) is 4.68 Å². The first-order valence-corrected chi connectivity index (χ1v) is 5.94. The quantitative estimate of drug-likeness (QED) is 0.853. The zero-order valence-corrected chi connectivity index (χ0v) is 10.2. The number of aliphatic hydroxyl groups is 1. The number of nitrogens with zero attached hydrogens (tertiary/aromatic N) is 2. The van der Waals surface area contributed by atoms with Crippen molar-refractivity contribution in [1.82, 2.24) is 9.78 Å². The van der Waals surface area contributed by atoms with Crippen LogP contribution < -0.4 is 4.74 Å². The average Bonchev–Trinajstić information content (AvgIpc) is 2.57. The fraction of sp³-hybridized carbons (Fsp3) is 0.750. The van der Waals surface area contributed by atoms with E-state index in [1.807, 2.05) is 4.68 Å². The molecule has 1 saturated carbocycles. The summed E-state index contributed by atoms with van der Waals surface area (Å²) < 4.78 is 7.14. The minimum absolute atomic E-state index is 0.244. The largest absolute Gasteiger partial charge is 0.493 e. The van der Waals surface area contributed by atoms with E-state index in [0.717, 1.165) is 18.5 Å². The Hall–Kier alpha value is -1.03. The van der Waals surface area contributed by atoms with Crippen molar-refractivity contribution in [2.45, 2.75) is 45.3 Å². The van der Waals surface area contributed by atoms with Gasteiger partial charge in [-0.25, -0.2) is 0 Å². The highest BCUT2D eigenvalue weighted by atomic mass is 16.5. The smallest absolute Gasteiger partial charge is 0.162 e. The van der Waals surface area contributed by atoms with Crippen LogP contribution in [0.5, 0.6) is 5.75 Å². The normalized spacial score (nSPS) is 18.6. The number of aromatic nitrogens is 2. The van der Waals surface area contributed by atoms with Gasteiger partial charge in [-0.2, -0.15) is 5.10 Å². The fourth-order valence-electron chi connectivity index (χ4n) is 2.18. The van der Waals surface area contributed by atoms with Crippen LogP contribution in [0, 0.1) is 5.92 Å². The van der Waals surface area contributed by atoms with Gasteiger partial charge in [0.05, 0.1) is 13.3 Å². The summed E-state index contributed by atoms with van der Waals surface area (Å²) in [5, 5.41) is 14.6. The third kappa shape index (κ3) is 1.82. The van der Waals surface area contributed by atoms with Crippen LogP contribution in [0.3, 0.4) is 0 Å². The zero-order valence-electron chi connectivity index (χ0n) is 10.2. The molecule has 0 aromatic carbocycles. The lowest BCUT2D eigenvalue weighted by atomic mass is 9.80. The lowest BCUT2D eigenvalue weighted by Gasteiger charge is -2.31. The molecular formula is C12H20N2O2. The highest BCUT2D eigenvalue weighted by Gasteiger charge is 2.32. The Morgan fingerprint density at radius 2 is 2.19 bits per heavy atom. The summed E-state index contributed by atoms with van der Waals surface area (Å²) >= 11 is 0. The summed E-state index contributed by atoms with van der Waals surface area (Å²) in [6.45, 7) is 4.12. The molecule has 2 rings (SSSR count). The molecule has 1 aromatic rings. The van der Waals surface area contributed by atoms with Gasteiger partial charge in [-0.1, -0.05) is 6.42 Å². The minimum Gasteiger partial charge on any atom is -0.493 e. The molecule has 1 unspecified atom stereocenters. The standard InChI is InChI=1S/C12H20N2O2/c1-8(2)14-11(10(16-3)7-13-14)12(15)9-5-4-6-9/h7-9,12,15H,4-6H2,1-3H3. The molecule has 1 aromatic heterocycles. The number of rotatable bonds is 4. The van der Waals surface area contributed by atoms with Crippen molar-refractivity contribution in [2.24, 2.45) is 5.92 Å². The molecule has 1 aliphatic rings. The van der Waals surface area contributed by atoms with Crippen LogP contribution in [-0.4, -0.2) is 22.0 Å². The Balaban J connectivity index is 2.31. The lowest BCUT2D eigenvalue weighted by Crippen LogP contribution is -2.23. The number of aliphatic hydroxyl groups excluding tert-OH is 1. The van der Waals surface area contributed by atoms with Gasteiger partial charge in [-0.05, 0) is 32.6 Å². The molecule has 4 nitrogen and oxygen atoms in total. The van der Waals surface area contributed by atoms with Crippen LogP contribution in [-0.2, 0) is 0 Å². The third-order valence-electron chi connectivity index (χ3n) is 3.38. The molecule has 0 amide bonds. The maximum Gasteiger partial charge on any atom is 0.162 e. The van der Waals surface area contributed by atoms with Gasteiger partial charge in [0.15, 0.2) is 5.75 Å². The Bertz CT molecular complexity index is 356. The van der Waals surface area contributed by atoms with E-state index in [1.54, 1.807) is 13.3 Å². The number of hydrogen-bond acceptors (Lipinski definition) is 3. The fourth-order valence-corrected chi connectivity index (χ4v) is 2.18. The molecule has 1 atom stereocenters. The van der Waals surface area contributed by atoms with Crippen LogP contribution in [0.4, 0.5) is 0 Å². The summed E-state index contributed by atoms with van der Waals surface area (Å²) in [6.07, 6.45) is 4.69. The molecule has 4 heteroatoms. The summed E-state index contributed by atoms with van der Waals surface area (Å²) in [5.74, 6) is 1.08. The summed E-state index contributed by atoms with van der Waals surface area (Å²) in [7, 11) is 1.62. The number of methoxy groups -OCH3 is 1. The number of ether oxygens (including phenoxy) is 1. The van der Waals surface area contributed by atoms with Crippen molar-refractivity contribution in [2.75, 3.05) is 7.11 Å². The highest BCUT2D eigenvalue weighted by molar-refractivity contribution is 5.28. The van der Waals surface area contributed by atoms with Crippen molar-refractivity contribution in [3.63, 3.8) is 0 Å². The summed E-state index contributed by atoms with van der Waals surface area (Å²) in [5.41, 5.74) is 0.835. The molecule has 16 heavy (non-hydrogen) atoms. The van der Waals surface area contributed by atoms with Gasteiger partial charge in [0.1, 0.15) is 11.8 Å². The Kier molecular flexibility index (Phi) is 3.19. The van der Waals surface area contributed by atoms with Gasteiger partial charge < -0.3 is 9.84 Å². The van der Waals surface area contributed by atoms with Crippen LogP contribution >= 0.6 is 0 Å². The van der Waals surface area contributed by atoms with Gasteiger partial charge in [0.2, 0.25) is 0 Å². The van der Waals surface area contributed by atoms with Gasteiger partial charge in [0.25, 0.3) is 0 Å². The summed E-state index contributed by atoms with van der Waals surface area (Å²) in [6, 6.07) is 0.244. The molecule has 1 fully saturated rings. The van der Waals surface area contributed by atoms with E-state index < -0.39 is 6.10 Å². The van der Waals surface area contributed by atoms with Crippen molar-refractivity contribution < 1.29 is 9.84 Å². The monoisotopic (exact) mass is 224 g/mol. The molecule has 0 bridgehead atoms. The first kappa shape index (κ1) is 11.5. The van der Waals surface area contributed by atoms with E-state index in [0.29, 0.717) is 11.7 Å². The molecule has 0 spiro atoms. The first-order valence-electron chi connectivity index (χ1n) is 5.94. The zero-order chi connectivity index (χ0) is 11.7. The van der Waals surface area contributed by atoms with E-state index >= 15 is 0 Å². The van der Waals surface area contributed by atoms with E-state index in [9.17, 15) is 5.11 Å². The molecule has 1 heterocycles. The first-order chi connectivity index (χ1) is 7.65. The molecule has 0 radical (unpaired) electrons. The lowest BCUT2D eigenvalue weighted by molar-refractivity contribution is 0.0517. The van der Waals surface area contributed by atoms with Gasteiger partial charge >= 0.3 is 0 Å². The van der Waals surface area contributed by atoms with E-state index in [4.69, 9.17) is 4.74 Å². The third-order valence-corrected chi connectivity index (χ3v) is 3.38. The maximum atomic E-state index is 10.3. The molecular weight excluding hydrogens is 204 g/mol. The SMILES string of the molecule is COc1cnn(C(C)C)c1C(O)C1CCC1. The van der Waals surface area contributed by atoms with Gasteiger partial charge in [0, 0.05) is 6.04 Å². The Labute approximate surface area is 96.2 Å². The molecule has 1 aliphatic carbocycles. The topological polar surface area (TPSA) is 47.3 Å². The Morgan fingerprint density at radius 1 is 1.50 bits per heavy atom. The predicted molar refractivity (Wildman–Crippen MR) is 61.5 cm³/mol. The molecule has 1 N–H and O–H groups in total. The van der Waals surface area contributed by atoms with E-state index in [1.165, 1.54) is 6.42 Å². The van der Waals surface area contributed by atoms with Crippen LogP contribution in [0.1, 0.15) is 50.9 Å². The second kappa shape index (κ2) is 4.45. The average molecular weight is 224 g/mol. The molecule has 90 valence electrons. The van der Waals surface area contributed by atoms with E-state index in [-0.39, 0.29) is 6.04 Å². The van der Waals surface area contributed by atoms with Crippen molar-refractivity contribution in [3.05, 3.63) is 11.9 Å². The van der Waals surface area contributed by atoms with Crippen LogP contribution in [0.25, 0.3) is 0 Å². The maximum absolute atomic E-state index is 10.3. The number of hydrogen-bond donors (Lipinski definition) is 1. The highest BCUT2D eigenvalue weighted by Crippen LogP contribution is 2.41. The second-order valence-electron chi connectivity index (χ2n) is 4.77.